The molecule has 0 N–H and O–H groups in total. The SMILES string of the molecule is [C-]#[N+]/C(C#N)=C\C=C\c1ccc(-c2ccc(-c3ncc(/C=C(\C#N)[N+]#[C-])s3)n2CC)o1. The Bertz CT molecular complexity index is 1340. The molecular weight excluding hydrogens is 408 g/mol. The first-order chi connectivity index (χ1) is 15.1. The molecule has 0 amide bonds. The summed E-state index contributed by atoms with van der Waals surface area (Å²) < 4.78 is 7.98. The van der Waals surface area contributed by atoms with Crippen LogP contribution >= 0.6 is 11.3 Å². The van der Waals surface area contributed by atoms with Gasteiger partial charge >= 0.3 is 0 Å². The third-order valence-electron chi connectivity index (χ3n) is 4.18. The van der Waals surface area contributed by atoms with Crippen molar-refractivity contribution < 1.29 is 4.42 Å². The van der Waals surface area contributed by atoms with E-state index in [1.54, 1.807) is 24.4 Å². The molecule has 0 fully saturated rings. The Morgan fingerprint density at radius 3 is 2.58 bits per heavy atom. The van der Waals surface area contributed by atoms with Crippen molar-refractivity contribution in [1.82, 2.24) is 9.55 Å². The summed E-state index contributed by atoms with van der Waals surface area (Å²) in [6.07, 6.45) is 7.90. The Labute approximate surface area is 183 Å². The molecule has 31 heavy (non-hydrogen) atoms. The van der Waals surface area contributed by atoms with E-state index in [4.69, 9.17) is 28.1 Å². The molecule has 7 nitrogen and oxygen atoms in total. The Morgan fingerprint density at radius 1 is 1.16 bits per heavy atom. The van der Waals surface area contributed by atoms with Crippen molar-refractivity contribution in [2.24, 2.45) is 0 Å². The van der Waals surface area contributed by atoms with Crippen molar-refractivity contribution in [1.29, 1.82) is 10.5 Å². The average molecular weight is 422 g/mol. The molecule has 0 saturated carbocycles. The number of hydrogen-bond donors (Lipinski definition) is 0. The number of hydrogen-bond acceptors (Lipinski definition) is 5. The maximum atomic E-state index is 8.93. The molecule has 0 spiro atoms. The molecule has 3 heterocycles. The highest BCUT2D eigenvalue weighted by Crippen LogP contribution is 2.33. The van der Waals surface area contributed by atoms with Gasteiger partial charge in [-0.2, -0.15) is 0 Å². The highest BCUT2D eigenvalue weighted by molar-refractivity contribution is 7.15. The average Bonchev–Trinajstić information content (AvgIpc) is 3.53. The van der Waals surface area contributed by atoms with Gasteiger partial charge in [0.15, 0.2) is 5.76 Å². The second-order valence-electron chi connectivity index (χ2n) is 6.01. The minimum Gasteiger partial charge on any atom is -0.455 e. The zero-order valence-electron chi connectivity index (χ0n) is 16.4. The lowest BCUT2D eigenvalue weighted by Crippen LogP contribution is -1.98. The van der Waals surface area contributed by atoms with Crippen LogP contribution in [0, 0.1) is 35.8 Å². The van der Waals surface area contributed by atoms with E-state index in [1.165, 1.54) is 23.5 Å². The predicted molar refractivity (Wildman–Crippen MR) is 118 cm³/mol. The van der Waals surface area contributed by atoms with E-state index >= 15 is 0 Å². The summed E-state index contributed by atoms with van der Waals surface area (Å²) in [4.78, 5) is 11.5. The van der Waals surface area contributed by atoms with E-state index < -0.39 is 0 Å². The summed E-state index contributed by atoms with van der Waals surface area (Å²) in [5, 5.41) is 18.5. The first kappa shape index (κ1) is 21.1. The van der Waals surface area contributed by atoms with Gasteiger partial charge in [-0.15, -0.1) is 11.3 Å². The van der Waals surface area contributed by atoms with Crippen molar-refractivity contribution in [2.45, 2.75) is 13.5 Å². The van der Waals surface area contributed by atoms with Gasteiger partial charge in [-0.1, -0.05) is 6.08 Å². The maximum absolute atomic E-state index is 8.93. The maximum Gasteiger partial charge on any atom is 0.263 e. The first-order valence-corrected chi connectivity index (χ1v) is 9.86. The molecule has 3 aromatic heterocycles. The smallest absolute Gasteiger partial charge is 0.263 e. The van der Waals surface area contributed by atoms with E-state index in [0.717, 1.165) is 21.3 Å². The third-order valence-corrected chi connectivity index (χ3v) is 5.15. The van der Waals surface area contributed by atoms with Crippen molar-refractivity contribution in [3.8, 4) is 34.3 Å². The molecule has 0 unspecified atom stereocenters. The van der Waals surface area contributed by atoms with Gasteiger partial charge in [-0.25, -0.2) is 25.2 Å². The standard InChI is InChI=1S/C23H14N6OS/c1-4-29-20(22-11-8-18(30-22)7-5-6-16(13-24)26-2)9-10-21(29)23-28-15-19(31-23)12-17(14-25)27-3/h5-12,15H,4H2,1H3/b7-5+,16-6-,17-12+. The molecule has 0 bridgehead atoms. The lowest BCUT2D eigenvalue weighted by Gasteiger charge is -2.07. The van der Waals surface area contributed by atoms with Crippen molar-refractivity contribution in [3.05, 3.63) is 87.5 Å². The summed E-state index contributed by atoms with van der Waals surface area (Å²) in [5.41, 5.74) is 1.82. The first-order valence-electron chi connectivity index (χ1n) is 9.04. The largest absolute Gasteiger partial charge is 0.455 e. The van der Waals surface area contributed by atoms with Crippen LogP contribution in [0.2, 0.25) is 0 Å². The van der Waals surface area contributed by atoms with E-state index in [1.807, 2.05) is 37.3 Å². The van der Waals surface area contributed by atoms with Gasteiger partial charge in [-0.3, -0.25) is 0 Å². The van der Waals surface area contributed by atoms with Gasteiger partial charge < -0.3 is 8.98 Å². The summed E-state index contributed by atoms with van der Waals surface area (Å²) in [5.74, 6) is 1.28. The second kappa shape index (κ2) is 9.72. The van der Waals surface area contributed by atoms with Crippen LogP contribution in [0.25, 0.3) is 44.0 Å². The number of thiazole rings is 1. The van der Waals surface area contributed by atoms with E-state index in [9.17, 15) is 0 Å². The van der Waals surface area contributed by atoms with E-state index in [-0.39, 0.29) is 11.4 Å². The van der Waals surface area contributed by atoms with Crippen molar-refractivity contribution >= 4 is 23.5 Å². The Hall–Kier alpha value is -4.63. The lowest BCUT2D eigenvalue weighted by molar-refractivity contribution is 0.564. The molecule has 0 aliphatic heterocycles. The van der Waals surface area contributed by atoms with Crippen LogP contribution in [0.4, 0.5) is 0 Å². The summed E-state index contributed by atoms with van der Waals surface area (Å²) in [6, 6.07) is 11.2. The molecule has 0 atom stereocenters. The fourth-order valence-electron chi connectivity index (χ4n) is 2.82. The minimum absolute atomic E-state index is 0.00322. The quantitative estimate of drug-likeness (QED) is 0.276. The highest BCUT2D eigenvalue weighted by Gasteiger charge is 2.15. The van der Waals surface area contributed by atoms with E-state index in [0.29, 0.717) is 18.1 Å². The predicted octanol–water partition coefficient (Wildman–Crippen LogP) is 6.02. The number of rotatable bonds is 6. The van der Waals surface area contributed by atoms with Crippen molar-refractivity contribution in [3.63, 3.8) is 0 Å². The lowest BCUT2D eigenvalue weighted by atomic mass is 10.3. The molecule has 0 aromatic carbocycles. The Morgan fingerprint density at radius 2 is 1.90 bits per heavy atom. The zero-order valence-corrected chi connectivity index (χ0v) is 17.2. The number of furan rings is 1. The number of aromatic nitrogens is 2. The fourth-order valence-corrected chi connectivity index (χ4v) is 3.71. The number of nitrogens with zero attached hydrogens (tertiary/aromatic N) is 6. The molecular formula is C23H14N6OS. The van der Waals surface area contributed by atoms with Gasteiger partial charge in [0.1, 0.15) is 10.8 Å². The van der Waals surface area contributed by atoms with Crippen LogP contribution in [0.1, 0.15) is 17.6 Å². The minimum atomic E-state index is 0.00322. The van der Waals surface area contributed by atoms with Crippen LogP contribution in [-0.2, 0) is 6.54 Å². The molecule has 3 rings (SSSR count). The molecule has 0 radical (unpaired) electrons. The van der Waals surface area contributed by atoms with Gasteiger partial charge in [-0.05, 0) is 49.4 Å². The van der Waals surface area contributed by atoms with E-state index in [2.05, 4.69) is 19.2 Å². The van der Waals surface area contributed by atoms with Gasteiger partial charge in [0.2, 0.25) is 0 Å². The molecule has 8 heteroatoms. The topological polar surface area (TPSA) is 87.3 Å². The molecule has 0 aliphatic rings. The molecule has 3 aromatic rings. The molecule has 0 aliphatic carbocycles. The monoisotopic (exact) mass is 422 g/mol. The molecule has 148 valence electrons. The van der Waals surface area contributed by atoms with Gasteiger partial charge in [0, 0.05) is 17.6 Å². The van der Waals surface area contributed by atoms with Crippen LogP contribution in [0.5, 0.6) is 0 Å². The normalized spacial score (nSPS) is 11.6. The number of nitriles is 2. The Kier molecular flexibility index (Phi) is 6.61. The van der Waals surface area contributed by atoms with Gasteiger partial charge in [0.25, 0.3) is 11.4 Å². The van der Waals surface area contributed by atoms with Crippen LogP contribution in [-0.4, -0.2) is 9.55 Å². The second-order valence-corrected chi connectivity index (χ2v) is 7.07. The van der Waals surface area contributed by atoms with Crippen LogP contribution in [0.3, 0.4) is 0 Å². The molecule has 0 saturated heterocycles. The number of allylic oxidation sites excluding steroid dienone is 4. The summed E-state index contributed by atoms with van der Waals surface area (Å²) in [6.45, 7) is 16.6. The van der Waals surface area contributed by atoms with Crippen molar-refractivity contribution in [2.75, 3.05) is 0 Å². The Balaban J connectivity index is 1.90. The zero-order chi connectivity index (χ0) is 22.2. The van der Waals surface area contributed by atoms with Crippen LogP contribution < -0.4 is 0 Å². The van der Waals surface area contributed by atoms with Gasteiger partial charge in [0.05, 0.1) is 36.7 Å². The summed E-state index contributed by atoms with van der Waals surface area (Å²) >= 11 is 1.40. The van der Waals surface area contributed by atoms with Crippen LogP contribution in [0.15, 0.2) is 58.4 Å². The summed E-state index contributed by atoms with van der Waals surface area (Å²) in [7, 11) is 0. The fraction of sp³-hybridized carbons (Fsp3) is 0.0870. The third kappa shape index (κ3) is 4.69. The highest BCUT2D eigenvalue weighted by atomic mass is 32.1.